The van der Waals surface area contributed by atoms with Gasteiger partial charge in [-0.3, -0.25) is 0 Å². The Labute approximate surface area is 113 Å². The maximum absolute atomic E-state index is 11.9. The van der Waals surface area contributed by atoms with Gasteiger partial charge in [0.1, 0.15) is 4.21 Å². The summed E-state index contributed by atoms with van der Waals surface area (Å²) in [6.07, 6.45) is 4.72. The lowest BCUT2D eigenvalue weighted by Crippen LogP contribution is -2.23. The molecular formula is C12H21NO3S2. The van der Waals surface area contributed by atoms with Crippen LogP contribution < -0.4 is 4.72 Å². The van der Waals surface area contributed by atoms with E-state index in [0.29, 0.717) is 17.2 Å². The smallest absolute Gasteiger partial charge is 0.250 e. The topological polar surface area (TPSA) is 66.4 Å². The van der Waals surface area contributed by atoms with Gasteiger partial charge in [-0.15, -0.1) is 11.3 Å². The number of hydrogen-bond acceptors (Lipinski definition) is 4. The summed E-state index contributed by atoms with van der Waals surface area (Å²) < 4.78 is 26.8. The first-order valence-corrected chi connectivity index (χ1v) is 8.59. The first-order valence-electron chi connectivity index (χ1n) is 6.29. The number of unbranched alkanes of at least 4 members (excludes halogenated alkanes) is 3. The maximum atomic E-state index is 11.9. The summed E-state index contributed by atoms with van der Waals surface area (Å²) in [5.74, 6) is 0. The van der Waals surface area contributed by atoms with Gasteiger partial charge in [0.05, 0.1) is 0 Å². The molecular weight excluding hydrogens is 270 g/mol. The zero-order valence-corrected chi connectivity index (χ0v) is 12.3. The maximum Gasteiger partial charge on any atom is 0.250 e. The van der Waals surface area contributed by atoms with E-state index in [0.717, 1.165) is 30.6 Å². The Kier molecular flexibility index (Phi) is 6.85. The molecule has 0 bridgehead atoms. The van der Waals surface area contributed by atoms with Crippen LogP contribution in [0.4, 0.5) is 0 Å². The highest BCUT2D eigenvalue weighted by molar-refractivity contribution is 7.91. The van der Waals surface area contributed by atoms with Crippen molar-refractivity contribution < 1.29 is 13.5 Å². The largest absolute Gasteiger partial charge is 0.396 e. The third-order valence-electron chi connectivity index (χ3n) is 2.58. The Morgan fingerprint density at radius 3 is 2.72 bits per heavy atom. The minimum atomic E-state index is -3.36. The van der Waals surface area contributed by atoms with Gasteiger partial charge in [0.25, 0.3) is 0 Å². The molecule has 1 rings (SSSR count). The lowest BCUT2D eigenvalue weighted by atomic mass is 10.2. The number of thiophene rings is 1. The van der Waals surface area contributed by atoms with E-state index < -0.39 is 10.0 Å². The fraction of sp³-hybridized carbons (Fsp3) is 0.667. The summed E-state index contributed by atoms with van der Waals surface area (Å²) in [7, 11) is -3.36. The van der Waals surface area contributed by atoms with E-state index in [2.05, 4.69) is 11.6 Å². The number of hydrogen-bond donors (Lipinski definition) is 2. The van der Waals surface area contributed by atoms with Crippen LogP contribution in [-0.2, 0) is 16.4 Å². The molecule has 0 saturated heterocycles. The Hall–Kier alpha value is -0.430. The standard InChI is InChI=1S/C12H21NO3S2/c1-2-3-4-5-9-13-18(15,16)12-7-6-11(17-12)8-10-14/h6-7,13-14H,2-5,8-10H2,1H3. The van der Waals surface area contributed by atoms with E-state index in [1.807, 2.05) is 0 Å². The molecule has 0 atom stereocenters. The lowest BCUT2D eigenvalue weighted by Gasteiger charge is -2.04. The molecule has 0 aliphatic heterocycles. The Bertz CT molecular complexity index is 440. The number of aliphatic hydroxyl groups is 1. The van der Waals surface area contributed by atoms with Crippen molar-refractivity contribution in [2.24, 2.45) is 0 Å². The number of nitrogens with one attached hydrogen (secondary N) is 1. The molecule has 1 aromatic rings. The molecule has 0 aliphatic rings. The predicted octanol–water partition coefficient (Wildman–Crippen LogP) is 2.14. The monoisotopic (exact) mass is 291 g/mol. The van der Waals surface area contributed by atoms with Crippen molar-refractivity contribution in [3.05, 3.63) is 17.0 Å². The first-order chi connectivity index (χ1) is 8.60. The molecule has 0 fully saturated rings. The van der Waals surface area contributed by atoms with Gasteiger partial charge in [0.2, 0.25) is 10.0 Å². The SMILES string of the molecule is CCCCCCNS(=O)(=O)c1ccc(CCO)s1. The van der Waals surface area contributed by atoms with Crippen LogP contribution in [0.5, 0.6) is 0 Å². The normalized spacial score (nSPS) is 11.9. The van der Waals surface area contributed by atoms with Crippen molar-refractivity contribution >= 4 is 21.4 Å². The fourth-order valence-electron chi connectivity index (χ4n) is 1.58. The van der Waals surface area contributed by atoms with Gasteiger partial charge in [0.15, 0.2) is 0 Å². The molecule has 0 saturated carbocycles. The molecule has 18 heavy (non-hydrogen) atoms. The minimum Gasteiger partial charge on any atom is -0.396 e. The van der Waals surface area contributed by atoms with E-state index in [-0.39, 0.29) is 6.61 Å². The zero-order chi connectivity index (χ0) is 13.4. The van der Waals surface area contributed by atoms with Crippen molar-refractivity contribution in [3.8, 4) is 0 Å². The predicted molar refractivity (Wildman–Crippen MR) is 74.4 cm³/mol. The third kappa shape index (κ3) is 5.06. The van der Waals surface area contributed by atoms with E-state index >= 15 is 0 Å². The average Bonchev–Trinajstić information content (AvgIpc) is 2.79. The summed E-state index contributed by atoms with van der Waals surface area (Å²) in [5.41, 5.74) is 0. The molecule has 0 aliphatic carbocycles. The van der Waals surface area contributed by atoms with Gasteiger partial charge < -0.3 is 5.11 Å². The van der Waals surface area contributed by atoms with E-state index in [4.69, 9.17) is 5.11 Å². The number of sulfonamides is 1. The molecule has 6 heteroatoms. The zero-order valence-electron chi connectivity index (χ0n) is 10.7. The van der Waals surface area contributed by atoms with Crippen molar-refractivity contribution in [1.82, 2.24) is 4.72 Å². The van der Waals surface area contributed by atoms with E-state index in [1.165, 1.54) is 11.3 Å². The second-order valence-corrected chi connectivity index (χ2v) is 7.31. The molecule has 0 unspecified atom stereocenters. The highest BCUT2D eigenvalue weighted by Crippen LogP contribution is 2.21. The second kappa shape index (κ2) is 7.89. The fourth-order valence-corrected chi connectivity index (χ4v) is 4.04. The summed E-state index contributed by atoms with van der Waals surface area (Å²) in [6, 6.07) is 3.36. The Balaban J connectivity index is 2.46. The lowest BCUT2D eigenvalue weighted by molar-refractivity contribution is 0.300. The minimum absolute atomic E-state index is 0.0461. The van der Waals surface area contributed by atoms with Crippen LogP contribution >= 0.6 is 11.3 Å². The molecule has 1 heterocycles. The van der Waals surface area contributed by atoms with Crippen LogP contribution in [0.2, 0.25) is 0 Å². The van der Waals surface area contributed by atoms with Crippen molar-refractivity contribution in [3.63, 3.8) is 0 Å². The molecule has 104 valence electrons. The molecule has 1 aromatic heterocycles. The molecule has 0 amide bonds. The van der Waals surface area contributed by atoms with Crippen LogP contribution in [-0.4, -0.2) is 26.7 Å². The Morgan fingerprint density at radius 2 is 2.06 bits per heavy atom. The second-order valence-electron chi connectivity index (χ2n) is 4.15. The molecule has 4 nitrogen and oxygen atoms in total. The quantitative estimate of drug-likeness (QED) is 0.685. The Morgan fingerprint density at radius 1 is 1.28 bits per heavy atom. The van der Waals surface area contributed by atoms with E-state index in [1.54, 1.807) is 12.1 Å². The summed E-state index contributed by atoms with van der Waals surface area (Å²) in [5, 5.41) is 8.80. The van der Waals surface area contributed by atoms with Gasteiger partial charge >= 0.3 is 0 Å². The molecule has 0 aromatic carbocycles. The number of aliphatic hydroxyl groups excluding tert-OH is 1. The van der Waals surface area contributed by atoms with Crippen molar-refractivity contribution in [2.45, 2.75) is 43.2 Å². The summed E-state index contributed by atoms with van der Waals surface area (Å²) >= 11 is 1.22. The van der Waals surface area contributed by atoms with Gasteiger partial charge in [-0.2, -0.15) is 0 Å². The van der Waals surface area contributed by atoms with Crippen LogP contribution in [0.15, 0.2) is 16.3 Å². The van der Waals surface area contributed by atoms with Gasteiger partial charge in [-0.25, -0.2) is 13.1 Å². The third-order valence-corrected chi connectivity index (χ3v) is 5.68. The number of rotatable bonds is 9. The molecule has 0 radical (unpaired) electrons. The summed E-state index contributed by atoms with van der Waals surface area (Å²) in [6.45, 7) is 2.67. The summed E-state index contributed by atoms with van der Waals surface area (Å²) in [4.78, 5) is 0.892. The highest BCUT2D eigenvalue weighted by atomic mass is 32.2. The first kappa shape index (κ1) is 15.6. The van der Waals surface area contributed by atoms with Crippen molar-refractivity contribution in [1.29, 1.82) is 0 Å². The molecule has 0 spiro atoms. The van der Waals surface area contributed by atoms with Crippen LogP contribution in [0.1, 0.15) is 37.5 Å². The van der Waals surface area contributed by atoms with Crippen LogP contribution in [0, 0.1) is 0 Å². The van der Waals surface area contributed by atoms with Crippen molar-refractivity contribution in [2.75, 3.05) is 13.2 Å². The van der Waals surface area contributed by atoms with Crippen LogP contribution in [0.3, 0.4) is 0 Å². The average molecular weight is 291 g/mol. The van der Waals surface area contributed by atoms with Crippen LogP contribution in [0.25, 0.3) is 0 Å². The molecule has 2 N–H and O–H groups in total. The van der Waals surface area contributed by atoms with Gasteiger partial charge in [-0.1, -0.05) is 26.2 Å². The van der Waals surface area contributed by atoms with E-state index in [9.17, 15) is 8.42 Å². The van der Waals surface area contributed by atoms with Gasteiger partial charge in [-0.05, 0) is 18.6 Å². The highest BCUT2D eigenvalue weighted by Gasteiger charge is 2.15. The van der Waals surface area contributed by atoms with Gasteiger partial charge in [0, 0.05) is 24.4 Å².